The molecule has 90 valence electrons. The van der Waals surface area contributed by atoms with Crippen LogP contribution >= 0.6 is 0 Å². The standard InChI is InChI=1S/C11H24N2O2/c1-3-10(6-7-12)4-5-11(15)13-9(2)8-14/h9-10,14H,3-8,12H2,1-2H3,(H,13,15). The largest absolute Gasteiger partial charge is 0.394 e. The molecule has 0 aromatic heterocycles. The van der Waals surface area contributed by atoms with E-state index < -0.39 is 0 Å². The van der Waals surface area contributed by atoms with Crippen LogP contribution in [0.5, 0.6) is 0 Å². The predicted octanol–water partition coefficient (Wildman–Crippen LogP) is 0.639. The molecule has 0 aromatic carbocycles. The zero-order chi connectivity index (χ0) is 11.7. The molecular formula is C11H24N2O2. The van der Waals surface area contributed by atoms with Crippen LogP contribution in [0.1, 0.15) is 39.5 Å². The number of rotatable bonds is 8. The molecule has 15 heavy (non-hydrogen) atoms. The third kappa shape index (κ3) is 7.33. The van der Waals surface area contributed by atoms with Crippen molar-refractivity contribution >= 4 is 5.91 Å². The van der Waals surface area contributed by atoms with Crippen LogP contribution in [0.15, 0.2) is 0 Å². The van der Waals surface area contributed by atoms with Crippen molar-refractivity contribution < 1.29 is 9.90 Å². The number of nitrogens with one attached hydrogen (secondary N) is 1. The molecule has 4 N–H and O–H groups in total. The predicted molar refractivity (Wildman–Crippen MR) is 61.4 cm³/mol. The van der Waals surface area contributed by atoms with Crippen LogP contribution in [0.3, 0.4) is 0 Å². The SMILES string of the molecule is CCC(CCN)CCC(=O)NC(C)CO. The van der Waals surface area contributed by atoms with Gasteiger partial charge in [-0.25, -0.2) is 0 Å². The Morgan fingerprint density at radius 2 is 2.13 bits per heavy atom. The minimum absolute atomic E-state index is 0.00819. The molecule has 0 radical (unpaired) electrons. The van der Waals surface area contributed by atoms with Crippen molar-refractivity contribution in [3.8, 4) is 0 Å². The lowest BCUT2D eigenvalue weighted by atomic mass is 9.96. The Hall–Kier alpha value is -0.610. The number of carbonyl (C=O) groups excluding carboxylic acids is 1. The van der Waals surface area contributed by atoms with Crippen LogP contribution in [0, 0.1) is 5.92 Å². The van der Waals surface area contributed by atoms with E-state index in [4.69, 9.17) is 10.8 Å². The minimum atomic E-state index is -0.146. The minimum Gasteiger partial charge on any atom is -0.394 e. The molecule has 0 fully saturated rings. The van der Waals surface area contributed by atoms with Gasteiger partial charge in [-0.15, -0.1) is 0 Å². The van der Waals surface area contributed by atoms with Crippen molar-refractivity contribution in [1.29, 1.82) is 0 Å². The first kappa shape index (κ1) is 14.4. The van der Waals surface area contributed by atoms with Gasteiger partial charge in [-0.3, -0.25) is 4.79 Å². The van der Waals surface area contributed by atoms with Gasteiger partial charge in [0.25, 0.3) is 0 Å². The second kappa shape index (κ2) is 8.68. The fourth-order valence-electron chi connectivity index (χ4n) is 1.52. The van der Waals surface area contributed by atoms with Crippen molar-refractivity contribution in [3.05, 3.63) is 0 Å². The third-order valence-electron chi connectivity index (χ3n) is 2.61. The van der Waals surface area contributed by atoms with Crippen molar-refractivity contribution in [2.75, 3.05) is 13.2 Å². The van der Waals surface area contributed by atoms with E-state index in [1.165, 1.54) is 0 Å². The molecular weight excluding hydrogens is 192 g/mol. The number of hydrogen-bond acceptors (Lipinski definition) is 3. The summed E-state index contributed by atoms with van der Waals surface area (Å²) in [4.78, 5) is 11.4. The van der Waals surface area contributed by atoms with Crippen LogP contribution < -0.4 is 11.1 Å². The van der Waals surface area contributed by atoms with E-state index in [1.54, 1.807) is 6.92 Å². The van der Waals surface area contributed by atoms with Gasteiger partial charge in [-0.2, -0.15) is 0 Å². The van der Waals surface area contributed by atoms with Crippen molar-refractivity contribution in [2.24, 2.45) is 11.7 Å². The fraction of sp³-hybridized carbons (Fsp3) is 0.909. The van der Waals surface area contributed by atoms with Crippen LogP contribution in [-0.4, -0.2) is 30.2 Å². The summed E-state index contributed by atoms with van der Waals surface area (Å²) in [5.74, 6) is 0.567. The second-order valence-corrected chi connectivity index (χ2v) is 4.04. The average molecular weight is 216 g/mol. The van der Waals surface area contributed by atoms with Crippen LogP contribution in [0.25, 0.3) is 0 Å². The number of hydrogen-bond donors (Lipinski definition) is 3. The van der Waals surface area contributed by atoms with Crippen molar-refractivity contribution in [1.82, 2.24) is 5.32 Å². The molecule has 4 heteroatoms. The molecule has 0 aliphatic heterocycles. The maximum absolute atomic E-state index is 11.4. The summed E-state index contributed by atoms with van der Waals surface area (Å²) in [6, 6.07) is -0.146. The lowest BCUT2D eigenvalue weighted by Gasteiger charge is -2.14. The molecule has 0 rings (SSSR count). The molecule has 0 bridgehead atoms. The van der Waals surface area contributed by atoms with Gasteiger partial charge in [-0.05, 0) is 32.2 Å². The van der Waals surface area contributed by atoms with Crippen molar-refractivity contribution in [3.63, 3.8) is 0 Å². The van der Waals surface area contributed by atoms with E-state index in [0.29, 0.717) is 18.9 Å². The Bertz CT molecular complexity index is 174. The van der Waals surface area contributed by atoms with E-state index >= 15 is 0 Å². The Kier molecular flexibility index (Phi) is 8.33. The molecule has 1 amide bonds. The number of nitrogens with two attached hydrogens (primary N) is 1. The maximum Gasteiger partial charge on any atom is 0.220 e. The quantitative estimate of drug-likeness (QED) is 0.557. The van der Waals surface area contributed by atoms with Gasteiger partial charge in [0, 0.05) is 12.5 Å². The summed E-state index contributed by atoms with van der Waals surface area (Å²) >= 11 is 0. The summed E-state index contributed by atoms with van der Waals surface area (Å²) in [7, 11) is 0. The van der Waals surface area contributed by atoms with E-state index in [9.17, 15) is 4.79 Å². The second-order valence-electron chi connectivity index (χ2n) is 4.04. The molecule has 0 heterocycles. The molecule has 0 aliphatic rings. The Morgan fingerprint density at radius 1 is 1.47 bits per heavy atom. The van der Waals surface area contributed by atoms with Crippen LogP contribution in [0.2, 0.25) is 0 Å². The zero-order valence-electron chi connectivity index (χ0n) is 9.83. The highest BCUT2D eigenvalue weighted by molar-refractivity contribution is 5.76. The Morgan fingerprint density at radius 3 is 2.60 bits per heavy atom. The molecule has 4 nitrogen and oxygen atoms in total. The third-order valence-corrected chi connectivity index (χ3v) is 2.61. The molecule has 0 spiro atoms. The summed E-state index contributed by atoms with van der Waals surface area (Å²) < 4.78 is 0. The smallest absolute Gasteiger partial charge is 0.220 e. The monoisotopic (exact) mass is 216 g/mol. The zero-order valence-corrected chi connectivity index (χ0v) is 9.83. The number of carbonyl (C=O) groups is 1. The molecule has 0 saturated heterocycles. The van der Waals surface area contributed by atoms with Gasteiger partial charge in [0.15, 0.2) is 0 Å². The number of aliphatic hydroxyl groups excluding tert-OH is 1. The topological polar surface area (TPSA) is 75.4 Å². The van der Waals surface area contributed by atoms with E-state index in [2.05, 4.69) is 12.2 Å². The highest BCUT2D eigenvalue weighted by Crippen LogP contribution is 2.14. The lowest BCUT2D eigenvalue weighted by molar-refractivity contribution is -0.122. The molecule has 0 aliphatic carbocycles. The first-order valence-corrected chi connectivity index (χ1v) is 5.74. The summed E-state index contributed by atoms with van der Waals surface area (Å²) in [6.07, 6.45) is 3.47. The lowest BCUT2D eigenvalue weighted by Crippen LogP contribution is -2.35. The van der Waals surface area contributed by atoms with Gasteiger partial charge < -0.3 is 16.2 Å². The average Bonchev–Trinajstić information content (AvgIpc) is 2.23. The summed E-state index contributed by atoms with van der Waals surface area (Å²) in [6.45, 7) is 4.59. The summed E-state index contributed by atoms with van der Waals surface area (Å²) in [5.41, 5.74) is 5.48. The number of aliphatic hydroxyl groups is 1. The summed E-state index contributed by atoms with van der Waals surface area (Å²) in [5, 5.41) is 11.5. The van der Waals surface area contributed by atoms with Gasteiger partial charge in [0.05, 0.1) is 6.61 Å². The van der Waals surface area contributed by atoms with Crippen molar-refractivity contribution in [2.45, 2.75) is 45.6 Å². The van der Waals surface area contributed by atoms with Crippen LogP contribution in [0.4, 0.5) is 0 Å². The first-order valence-electron chi connectivity index (χ1n) is 5.74. The molecule has 2 atom stereocenters. The Labute approximate surface area is 92.2 Å². The molecule has 2 unspecified atom stereocenters. The normalized spacial score (nSPS) is 14.7. The fourth-order valence-corrected chi connectivity index (χ4v) is 1.52. The molecule has 0 aromatic rings. The van der Waals surface area contributed by atoms with E-state index in [1.807, 2.05) is 0 Å². The van der Waals surface area contributed by atoms with Gasteiger partial charge in [0.1, 0.15) is 0 Å². The van der Waals surface area contributed by atoms with Gasteiger partial charge in [-0.1, -0.05) is 13.3 Å². The van der Waals surface area contributed by atoms with Gasteiger partial charge >= 0.3 is 0 Å². The molecule has 0 saturated carbocycles. The van der Waals surface area contributed by atoms with E-state index in [-0.39, 0.29) is 18.6 Å². The van der Waals surface area contributed by atoms with Crippen LogP contribution in [-0.2, 0) is 4.79 Å². The Balaban J connectivity index is 3.68. The maximum atomic E-state index is 11.4. The number of amides is 1. The van der Waals surface area contributed by atoms with E-state index in [0.717, 1.165) is 19.3 Å². The highest BCUT2D eigenvalue weighted by atomic mass is 16.3. The first-order chi connectivity index (χ1) is 7.13. The highest BCUT2D eigenvalue weighted by Gasteiger charge is 2.10. The van der Waals surface area contributed by atoms with Gasteiger partial charge in [0.2, 0.25) is 5.91 Å².